The topological polar surface area (TPSA) is 247 Å². The molecule has 33 heteroatoms. The molecule has 8 atom stereocenters. The second-order valence-corrected chi connectivity index (χ2v) is 32.7. The third-order valence-electron chi connectivity index (χ3n) is 23.0. The Balaban J connectivity index is 0.000000137. The van der Waals surface area contributed by atoms with Crippen LogP contribution in [-0.4, -0.2) is 193 Å². The number of fused-ring (bicyclic) bond motifs is 3. The van der Waals surface area contributed by atoms with E-state index >= 15 is 0 Å². The Morgan fingerprint density at radius 1 is 0.536 bits per heavy atom. The number of hydrogen-bond donors (Lipinski definition) is 3. The number of aryl methyl sites for hydroxylation is 3. The molecule has 5 saturated heterocycles. The normalized spacial score (nSPS) is 23.8. The van der Waals surface area contributed by atoms with Crippen LogP contribution in [0.2, 0.25) is 0 Å². The third-order valence-corrected chi connectivity index (χ3v) is 23.5. The first kappa shape index (κ1) is 81.5. The van der Waals surface area contributed by atoms with Gasteiger partial charge in [-0.05, 0) is 202 Å². The standard InChI is InChI=1S/C28H35F3N6O.C19H22F3N3O2.C14H16F3N3.C9H15N3.C7H12O5S/c1-34-25-14-22(28(29,30)31)4-5-23(25)26(33-34)20-6-10-35(11-7-20)17-21-13-24(21)27(38)37-9-2-3-19(16-37)15-36-12-8-32-18-36;1-24-16-9-13(19(20,21)22)2-3-14(16)17(23-24)11-4-6-25(7-5-11)10-12-8-15(12)18(26)27;1-20-12-8-10(14(15,16)17)2-3-11(12)13(19-20)9-4-6-18-7-5-9;1-2-9(6-10-3-1)7-12-5-4-11-8-12;1-11-7(8)6-3-5(6)4-12-13(2,9)10/h4-5,8,12,14,18-21,24H,2-3,6-7,9-11,13,15-17H2,1H3;2-3,9,11-12,15H,4-8,10H2,1H3,(H,26,27);2-3,8-9,18H,4-7H2,1H3;4-5,8-10H,1-3,6-7H2;5-6H,3-4H2,1-2H3/t19-,21-,24+;12-,15+;;9-;5-,6?/m00.10/s1. The van der Waals surface area contributed by atoms with Gasteiger partial charge in [0.15, 0.2) is 0 Å². The van der Waals surface area contributed by atoms with Crippen molar-refractivity contribution in [3.05, 3.63) is 126 Å². The SMILES string of the molecule is COC(=O)C1C[C@H]1COS(C)(=O)=O.Cn1nc(C2CCN(C[C@@H]3C[C@H]3C(=O)N3CCC[C@@H](Cn4ccnc4)C3)CC2)c2ccc(C(F)(F)F)cc21.Cn1nc(C2CCN(C[C@@H]3C[C@H]3C(=O)O)CC2)c2ccc(C(F)(F)F)cc21.Cn1nc(C2CCNCC2)c2ccc(C(F)(F)F)cc21.c1cn(C[C@@H]2CCCNC2)cn1. The van der Waals surface area contributed by atoms with Crippen LogP contribution >= 0.6 is 0 Å². The number of carbonyl (C=O) groups is 3. The maximum Gasteiger partial charge on any atom is 0.416 e. The van der Waals surface area contributed by atoms with Gasteiger partial charge < -0.3 is 44.3 Å². The molecule has 1 unspecified atom stereocenters. The van der Waals surface area contributed by atoms with E-state index in [4.69, 9.17) is 5.11 Å². The first-order valence-electron chi connectivity index (χ1n) is 38.2. The van der Waals surface area contributed by atoms with Crippen molar-refractivity contribution in [1.29, 1.82) is 0 Å². The van der Waals surface area contributed by atoms with Gasteiger partial charge in [0.2, 0.25) is 5.91 Å². The quantitative estimate of drug-likeness (QED) is 0.0435. The highest BCUT2D eigenvalue weighted by Crippen LogP contribution is 2.45. The van der Waals surface area contributed by atoms with Crippen molar-refractivity contribution in [3.8, 4) is 0 Å². The van der Waals surface area contributed by atoms with E-state index in [2.05, 4.69) is 68.7 Å². The summed E-state index contributed by atoms with van der Waals surface area (Å²) < 4.78 is 156. The molecule has 3 aromatic carbocycles. The van der Waals surface area contributed by atoms with Crippen LogP contribution in [0, 0.1) is 47.3 Å². The van der Waals surface area contributed by atoms with Gasteiger partial charge in [0.1, 0.15) is 0 Å². The number of likely N-dealkylation sites (tertiary alicyclic amines) is 3. The number of nitrogens with zero attached hydrogens (tertiary/aromatic N) is 13. The molecule has 3 N–H and O–H groups in total. The number of imidazole rings is 2. The minimum absolute atomic E-state index is 0.00201. The van der Waals surface area contributed by atoms with E-state index in [0.717, 1.165) is 213 Å². The Morgan fingerprint density at radius 3 is 1.38 bits per heavy atom. The van der Waals surface area contributed by atoms with Gasteiger partial charge in [-0.2, -0.15) is 63.2 Å². The maximum atomic E-state index is 13.2. The third kappa shape index (κ3) is 21.2. The Kier molecular flexibility index (Phi) is 25.9. The summed E-state index contributed by atoms with van der Waals surface area (Å²) in [6, 6.07) is 11.7. The van der Waals surface area contributed by atoms with Crippen molar-refractivity contribution in [3.63, 3.8) is 0 Å². The van der Waals surface area contributed by atoms with Crippen molar-refractivity contribution in [2.24, 2.45) is 68.5 Å². The number of alkyl halides is 9. The highest BCUT2D eigenvalue weighted by Gasteiger charge is 2.48. The van der Waals surface area contributed by atoms with Crippen LogP contribution < -0.4 is 10.6 Å². The van der Waals surface area contributed by atoms with Crippen LogP contribution in [0.4, 0.5) is 39.5 Å². The zero-order valence-electron chi connectivity index (χ0n) is 62.7. The zero-order chi connectivity index (χ0) is 78.4. The summed E-state index contributed by atoms with van der Waals surface area (Å²) >= 11 is 0. The molecule has 0 bridgehead atoms. The lowest BCUT2D eigenvalue weighted by atomic mass is 9.91. The second-order valence-electron chi connectivity index (χ2n) is 31.1. The molecule has 10 heterocycles. The number of ether oxygens (including phenoxy) is 1. The fourth-order valence-electron chi connectivity index (χ4n) is 16.5. The zero-order valence-corrected chi connectivity index (χ0v) is 63.6. The number of carboxylic acids is 1. The number of hydrogen-bond acceptors (Lipinski definition) is 16. The van der Waals surface area contributed by atoms with E-state index in [0.29, 0.717) is 46.6 Å². The Hall–Kier alpha value is -7.98. The van der Waals surface area contributed by atoms with Crippen LogP contribution in [0.25, 0.3) is 32.7 Å². The molecule has 3 aliphatic carbocycles. The van der Waals surface area contributed by atoms with E-state index in [1.165, 1.54) is 55.4 Å². The summed E-state index contributed by atoms with van der Waals surface area (Å²) in [7, 11) is 3.03. The Morgan fingerprint density at radius 2 is 0.973 bits per heavy atom. The smallest absolute Gasteiger partial charge is 0.416 e. The van der Waals surface area contributed by atoms with Crippen molar-refractivity contribution >= 4 is 60.7 Å². The number of piperidine rings is 5. The van der Waals surface area contributed by atoms with E-state index in [1.807, 2.05) is 31.2 Å². The van der Waals surface area contributed by atoms with Crippen LogP contribution in [0.5, 0.6) is 0 Å². The number of rotatable bonds is 17. The number of carbonyl (C=O) groups excluding carboxylic acids is 2. The molecular weight excluding hydrogens is 1470 g/mol. The van der Waals surface area contributed by atoms with Gasteiger partial charge in [0.25, 0.3) is 10.1 Å². The lowest BCUT2D eigenvalue weighted by molar-refractivity contribution is -0.143. The number of benzene rings is 3. The number of nitrogens with one attached hydrogen (secondary N) is 2. The van der Waals surface area contributed by atoms with E-state index in [-0.39, 0.29) is 54.0 Å². The fourth-order valence-corrected chi connectivity index (χ4v) is 16.9. The molecule has 600 valence electrons. The Bertz CT molecular complexity index is 4520. The van der Waals surface area contributed by atoms with Gasteiger partial charge in [0.05, 0.1) is 94.8 Å². The number of aromatic nitrogens is 10. The molecule has 8 aliphatic rings. The minimum Gasteiger partial charge on any atom is -0.481 e. The van der Waals surface area contributed by atoms with Crippen LogP contribution in [0.3, 0.4) is 0 Å². The van der Waals surface area contributed by atoms with Gasteiger partial charge in [0, 0.05) is 125 Å². The summed E-state index contributed by atoms with van der Waals surface area (Å²) in [5, 5.41) is 31.8. The van der Waals surface area contributed by atoms with Crippen LogP contribution in [0.1, 0.15) is 135 Å². The molecule has 3 saturated carbocycles. The first-order valence-corrected chi connectivity index (χ1v) is 40.0. The first-order chi connectivity index (χ1) is 52.3. The van der Waals surface area contributed by atoms with Crippen molar-refractivity contribution in [1.82, 2.24) is 73.8 Å². The molecule has 8 aromatic rings. The predicted molar refractivity (Wildman–Crippen MR) is 393 cm³/mol. The van der Waals surface area contributed by atoms with Gasteiger partial charge in [-0.15, -0.1) is 0 Å². The van der Waals surface area contributed by atoms with Gasteiger partial charge in [-0.1, -0.05) is 18.2 Å². The molecule has 8 fully saturated rings. The highest BCUT2D eigenvalue weighted by atomic mass is 32.2. The Labute approximate surface area is 633 Å². The largest absolute Gasteiger partial charge is 0.481 e. The molecule has 5 aromatic heterocycles. The van der Waals surface area contributed by atoms with E-state index in [1.54, 1.807) is 48.8 Å². The average Bonchev–Trinajstić information content (AvgIpc) is 1.63. The summed E-state index contributed by atoms with van der Waals surface area (Å²) in [6.07, 6.45) is 12.3. The van der Waals surface area contributed by atoms with Crippen molar-refractivity contribution in [2.75, 3.05) is 98.5 Å². The highest BCUT2D eigenvalue weighted by molar-refractivity contribution is 7.86. The van der Waals surface area contributed by atoms with E-state index in [9.17, 15) is 62.3 Å². The molecule has 5 aliphatic heterocycles. The molecule has 23 nitrogen and oxygen atoms in total. The van der Waals surface area contributed by atoms with Crippen LogP contribution in [-0.2, 0) is 86.2 Å². The summed E-state index contributed by atoms with van der Waals surface area (Å²) in [5.74, 6) is 1.90. The van der Waals surface area contributed by atoms with Crippen molar-refractivity contribution < 1.29 is 76.3 Å². The fraction of sp³-hybridized carbons (Fsp3) is 0.610. The van der Waals surface area contributed by atoms with Gasteiger partial charge in [-0.25, -0.2) is 9.97 Å². The minimum atomic E-state index is -4.36. The molecule has 16 rings (SSSR count). The number of halogens is 9. The molecule has 110 heavy (non-hydrogen) atoms. The summed E-state index contributed by atoms with van der Waals surface area (Å²) in [5.41, 5.74) is 2.38. The van der Waals surface area contributed by atoms with Crippen LogP contribution in [0.15, 0.2) is 92.0 Å². The number of carboxylic acid groups (broad SMARTS) is 1. The van der Waals surface area contributed by atoms with Crippen molar-refractivity contribution in [2.45, 2.75) is 133 Å². The number of esters is 1. The monoisotopic (exact) mass is 1570 g/mol. The number of amides is 1. The molecule has 0 spiro atoms. The lowest BCUT2D eigenvalue weighted by Crippen LogP contribution is -2.42. The molecule has 0 radical (unpaired) electrons. The van der Waals surface area contributed by atoms with E-state index < -0.39 is 51.3 Å². The van der Waals surface area contributed by atoms with Gasteiger partial charge >= 0.3 is 30.5 Å². The van der Waals surface area contributed by atoms with Gasteiger partial charge in [-0.3, -0.25) is 32.6 Å². The predicted octanol–water partition coefficient (Wildman–Crippen LogP) is 11.7. The second kappa shape index (κ2) is 35.0. The summed E-state index contributed by atoms with van der Waals surface area (Å²) in [6.45, 7) is 13.4. The summed E-state index contributed by atoms with van der Waals surface area (Å²) in [4.78, 5) is 50.1. The molecule has 1 amide bonds. The molecular formula is C77H100F9N15O8S. The maximum absolute atomic E-state index is 13.2. The number of methoxy groups -OCH3 is 1. The number of aliphatic carboxylic acids is 1. The lowest BCUT2D eigenvalue weighted by Gasteiger charge is -2.34. The average molecular weight is 1570 g/mol.